The van der Waals surface area contributed by atoms with Gasteiger partial charge in [-0.25, -0.2) is 4.79 Å². The van der Waals surface area contributed by atoms with E-state index in [1.165, 1.54) is 0 Å². The number of carbonyl (C=O) groups is 2. The molecule has 5 heteroatoms. The van der Waals surface area contributed by atoms with Crippen LogP contribution in [0.3, 0.4) is 0 Å². The first-order chi connectivity index (χ1) is 11.3. The number of rotatable bonds is 5. The summed E-state index contributed by atoms with van der Waals surface area (Å²) >= 11 is 0. The summed E-state index contributed by atoms with van der Waals surface area (Å²) in [5.74, 6) is -0.0719. The number of nitrogens with one attached hydrogen (secondary N) is 2. The highest BCUT2D eigenvalue weighted by Gasteiger charge is 2.15. The molecule has 24 heavy (non-hydrogen) atoms. The van der Waals surface area contributed by atoms with Gasteiger partial charge >= 0.3 is 6.09 Å². The zero-order valence-corrected chi connectivity index (χ0v) is 14.4. The van der Waals surface area contributed by atoms with Crippen LogP contribution in [0, 0.1) is 0 Å². The average Bonchev–Trinajstić information content (AvgIpc) is 2.50. The Morgan fingerprint density at radius 3 is 2.50 bits per heavy atom. The molecule has 0 atom stereocenters. The molecule has 0 saturated heterocycles. The van der Waals surface area contributed by atoms with Crippen LogP contribution in [0.15, 0.2) is 42.5 Å². The first-order valence-corrected chi connectivity index (χ1v) is 8.09. The quantitative estimate of drug-likeness (QED) is 0.813. The molecule has 0 aliphatic rings. The van der Waals surface area contributed by atoms with Gasteiger partial charge in [0, 0.05) is 24.0 Å². The second kappa shape index (κ2) is 7.81. The van der Waals surface area contributed by atoms with Gasteiger partial charge in [0.2, 0.25) is 5.91 Å². The van der Waals surface area contributed by atoms with E-state index < -0.39 is 11.7 Å². The van der Waals surface area contributed by atoms with Crippen LogP contribution >= 0.6 is 0 Å². The number of benzene rings is 2. The molecule has 2 aromatic rings. The van der Waals surface area contributed by atoms with Crippen LogP contribution in [0.4, 0.5) is 10.5 Å². The number of ether oxygens (including phenoxy) is 1. The molecule has 0 unspecified atom stereocenters. The van der Waals surface area contributed by atoms with Crippen LogP contribution in [-0.2, 0) is 9.53 Å². The average molecular weight is 328 g/mol. The summed E-state index contributed by atoms with van der Waals surface area (Å²) in [6, 6.07) is 13.7. The van der Waals surface area contributed by atoms with Gasteiger partial charge in [-0.05, 0) is 38.6 Å². The fourth-order valence-electron chi connectivity index (χ4n) is 2.30. The number of fused-ring (bicyclic) bond motifs is 1. The number of hydrogen-bond acceptors (Lipinski definition) is 3. The van der Waals surface area contributed by atoms with Crippen molar-refractivity contribution in [2.75, 3.05) is 11.9 Å². The summed E-state index contributed by atoms with van der Waals surface area (Å²) in [6.45, 7) is 5.83. The van der Waals surface area contributed by atoms with Crippen LogP contribution in [-0.4, -0.2) is 24.1 Å². The molecule has 5 nitrogen and oxygen atoms in total. The van der Waals surface area contributed by atoms with Crippen LogP contribution in [0.25, 0.3) is 10.8 Å². The monoisotopic (exact) mass is 328 g/mol. The Morgan fingerprint density at radius 1 is 1.04 bits per heavy atom. The Labute approximate surface area is 142 Å². The lowest BCUT2D eigenvalue weighted by Crippen LogP contribution is -2.33. The molecule has 0 heterocycles. The maximum absolute atomic E-state index is 12.1. The third-order valence-corrected chi connectivity index (χ3v) is 3.31. The summed E-state index contributed by atoms with van der Waals surface area (Å²) in [5, 5.41) is 7.67. The summed E-state index contributed by atoms with van der Waals surface area (Å²) in [5.41, 5.74) is 0.286. The van der Waals surface area contributed by atoms with Gasteiger partial charge in [0.05, 0.1) is 0 Å². The van der Waals surface area contributed by atoms with E-state index in [0.29, 0.717) is 19.4 Å². The highest BCUT2D eigenvalue weighted by molar-refractivity contribution is 6.02. The van der Waals surface area contributed by atoms with Gasteiger partial charge in [0.15, 0.2) is 0 Å². The Morgan fingerprint density at radius 2 is 1.75 bits per heavy atom. The van der Waals surface area contributed by atoms with E-state index in [1.807, 2.05) is 63.2 Å². The first kappa shape index (κ1) is 17.8. The molecule has 0 aromatic heterocycles. The molecule has 0 saturated carbocycles. The van der Waals surface area contributed by atoms with Crippen molar-refractivity contribution >= 4 is 28.5 Å². The van der Waals surface area contributed by atoms with E-state index in [-0.39, 0.29) is 5.91 Å². The van der Waals surface area contributed by atoms with Crippen LogP contribution in [0.5, 0.6) is 0 Å². The Balaban J connectivity index is 1.78. The zero-order chi connectivity index (χ0) is 17.6. The van der Waals surface area contributed by atoms with Crippen molar-refractivity contribution in [3.05, 3.63) is 42.5 Å². The van der Waals surface area contributed by atoms with Crippen LogP contribution in [0.2, 0.25) is 0 Å². The molecular formula is C19H24N2O3. The number of carbonyl (C=O) groups excluding carboxylic acids is 2. The lowest BCUT2D eigenvalue weighted by molar-refractivity contribution is -0.116. The van der Waals surface area contributed by atoms with E-state index in [2.05, 4.69) is 10.6 Å². The van der Waals surface area contributed by atoms with Gasteiger partial charge in [-0.15, -0.1) is 0 Å². The minimum absolute atomic E-state index is 0.0719. The van der Waals surface area contributed by atoms with Crippen molar-refractivity contribution in [3.63, 3.8) is 0 Å². The van der Waals surface area contributed by atoms with Gasteiger partial charge in [-0.2, -0.15) is 0 Å². The normalized spacial score (nSPS) is 11.1. The van der Waals surface area contributed by atoms with Crippen molar-refractivity contribution in [1.82, 2.24) is 5.32 Å². The molecule has 0 spiro atoms. The van der Waals surface area contributed by atoms with E-state index in [0.717, 1.165) is 16.5 Å². The maximum Gasteiger partial charge on any atom is 0.407 e. The van der Waals surface area contributed by atoms with Crippen molar-refractivity contribution in [3.8, 4) is 0 Å². The lowest BCUT2D eigenvalue weighted by atomic mass is 10.1. The fourth-order valence-corrected chi connectivity index (χ4v) is 2.30. The topological polar surface area (TPSA) is 67.4 Å². The van der Waals surface area contributed by atoms with Gasteiger partial charge in [-0.3, -0.25) is 4.79 Å². The van der Waals surface area contributed by atoms with Gasteiger partial charge in [0.25, 0.3) is 0 Å². The number of alkyl carbamates (subject to hydrolysis) is 1. The molecule has 2 N–H and O–H groups in total. The van der Waals surface area contributed by atoms with Gasteiger partial charge < -0.3 is 15.4 Å². The molecule has 0 aliphatic carbocycles. The summed E-state index contributed by atoms with van der Waals surface area (Å²) in [6.07, 6.45) is 0.423. The predicted octanol–water partition coefficient (Wildman–Crippen LogP) is 4.08. The molecule has 2 amide bonds. The summed E-state index contributed by atoms with van der Waals surface area (Å²) in [7, 11) is 0. The molecule has 0 bridgehead atoms. The highest BCUT2D eigenvalue weighted by Crippen LogP contribution is 2.23. The molecule has 128 valence electrons. The summed E-state index contributed by atoms with van der Waals surface area (Å²) in [4.78, 5) is 23.6. The molecule has 0 aliphatic heterocycles. The third-order valence-electron chi connectivity index (χ3n) is 3.31. The van der Waals surface area contributed by atoms with E-state index in [4.69, 9.17) is 4.74 Å². The van der Waals surface area contributed by atoms with Crippen LogP contribution in [0.1, 0.15) is 33.6 Å². The zero-order valence-electron chi connectivity index (χ0n) is 14.4. The number of anilines is 1. The minimum atomic E-state index is -0.518. The van der Waals surface area contributed by atoms with E-state index in [1.54, 1.807) is 0 Å². The Hall–Kier alpha value is -2.56. The molecule has 2 aromatic carbocycles. The van der Waals surface area contributed by atoms with Crippen molar-refractivity contribution < 1.29 is 14.3 Å². The predicted molar refractivity (Wildman–Crippen MR) is 96.0 cm³/mol. The van der Waals surface area contributed by atoms with Crippen molar-refractivity contribution in [1.29, 1.82) is 0 Å². The molecule has 2 rings (SSSR count). The molecule has 0 fully saturated rings. The Kier molecular flexibility index (Phi) is 5.79. The Bertz CT molecular complexity index is 715. The number of amides is 2. The smallest absolute Gasteiger partial charge is 0.407 e. The second-order valence-corrected chi connectivity index (χ2v) is 6.61. The maximum atomic E-state index is 12.1. The second-order valence-electron chi connectivity index (χ2n) is 6.61. The summed E-state index contributed by atoms with van der Waals surface area (Å²) < 4.78 is 5.14. The third kappa shape index (κ3) is 5.57. The van der Waals surface area contributed by atoms with Crippen LogP contribution < -0.4 is 10.6 Å². The fraction of sp³-hybridized carbons (Fsp3) is 0.368. The minimum Gasteiger partial charge on any atom is -0.444 e. The lowest BCUT2D eigenvalue weighted by Gasteiger charge is -2.19. The molecule has 0 radical (unpaired) electrons. The standard InChI is InChI=1S/C19H24N2O3/c1-19(2,3)24-18(23)20-13-7-12-17(22)21-16-11-6-9-14-8-4-5-10-15(14)16/h4-6,8-11H,7,12-13H2,1-3H3,(H,20,23)(H,21,22). The van der Waals surface area contributed by atoms with Crippen molar-refractivity contribution in [2.24, 2.45) is 0 Å². The largest absolute Gasteiger partial charge is 0.444 e. The first-order valence-electron chi connectivity index (χ1n) is 8.09. The molecular weight excluding hydrogens is 304 g/mol. The number of hydrogen-bond donors (Lipinski definition) is 2. The highest BCUT2D eigenvalue weighted by atomic mass is 16.6. The van der Waals surface area contributed by atoms with E-state index >= 15 is 0 Å². The SMILES string of the molecule is CC(C)(C)OC(=O)NCCCC(=O)Nc1cccc2ccccc12. The van der Waals surface area contributed by atoms with Gasteiger partial charge in [0.1, 0.15) is 5.60 Å². The van der Waals surface area contributed by atoms with Crippen molar-refractivity contribution in [2.45, 2.75) is 39.2 Å². The van der Waals surface area contributed by atoms with E-state index in [9.17, 15) is 9.59 Å². The van der Waals surface area contributed by atoms with Gasteiger partial charge in [-0.1, -0.05) is 36.4 Å².